The molecule has 7 nitrogen and oxygen atoms in total. The Bertz CT molecular complexity index is 988. The van der Waals surface area contributed by atoms with Crippen LogP contribution in [0.3, 0.4) is 0 Å². The Kier molecular flexibility index (Phi) is 10.4. The topological polar surface area (TPSA) is 97.4 Å². The molecule has 0 spiro atoms. The molecule has 1 saturated heterocycles. The van der Waals surface area contributed by atoms with Gasteiger partial charge in [-0.05, 0) is 63.1 Å². The second kappa shape index (κ2) is 12.7. The molecule has 0 bridgehead atoms. The van der Waals surface area contributed by atoms with Crippen LogP contribution < -0.4 is 5.32 Å². The van der Waals surface area contributed by atoms with Gasteiger partial charge in [-0.2, -0.15) is 0 Å². The van der Waals surface area contributed by atoms with Gasteiger partial charge in [0, 0.05) is 17.7 Å². The third-order valence-corrected chi connectivity index (χ3v) is 9.50. The molecule has 0 radical (unpaired) electrons. The lowest BCUT2D eigenvalue weighted by atomic mass is 9.66. The quantitative estimate of drug-likeness (QED) is 0.183. The predicted molar refractivity (Wildman–Crippen MR) is 148 cm³/mol. The molecule has 7 atom stereocenters. The second-order valence-corrected chi connectivity index (χ2v) is 13.3. The molecular formula is C27H38Cl2NO6S+. The van der Waals surface area contributed by atoms with E-state index < -0.39 is 41.3 Å². The van der Waals surface area contributed by atoms with Crippen LogP contribution in [0, 0.1) is 5.92 Å². The summed E-state index contributed by atoms with van der Waals surface area (Å²) in [5.41, 5.74) is 0.601. The van der Waals surface area contributed by atoms with Gasteiger partial charge >= 0.3 is 6.09 Å². The molecule has 37 heavy (non-hydrogen) atoms. The molecule has 10 heteroatoms. The number of methoxy groups -OCH3 is 1. The minimum atomic E-state index is -1.10. The van der Waals surface area contributed by atoms with Crippen LogP contribution in [0.1, 0.15) is 45.6 Å². The van der Waals surface area contributed by atoms with Gasteiger partial charge in [-0.1, -0.05) is 35.4 Å². The van der Waals surface area contributed by atoms with Gasteiger partial charge in [-0.3, -0.25) is 10.1 Å². The number of halogens is 2. The normalized spacial score (nSPS) is 31.8. The lowest BCUT2D eigenvalue weighted by molar-refractivity contribution is -0.170. The van der Waals surface area contributed by atoms with Gasteiger partial charge in [0.2, 0.25) is 5.91 Å². The lowest BCUT2D eigenvalue weighted by Crippen LogP contribution is -2.63. The van der Waals surface area contributed by atoms with Crippen LogP contribution in [0.25, 0.3) is 0 Å². The van der Waals surface area contributed by atoms with Gasteiger partial charge in [0.15, 0.2) is 0 Å². The molecule has 206 valence electrons. The largest absolute Gasteiger partial charge is 0.443 e. The molecule has 1 aliphatic heterocycles. The van der Waals surface area contributed by atoms with Crippen LogP contribution in [0.4, 0.5) is 4.79 Å². The first-order valence-electron chi connectivity index (χ1n) is 12.4. The fourth-order valence-electron chi connectivity index (χ4n) is 5.50. The van der Waals surface area contributed by atoms with E-state index in [1.165, 1.54) is 5.57 Å². The van der Waals surface area contributed by atoms with E-state index in [1.807, 2.05) is 45.0 Å². The molecule has 2 aliphatic rings. The summed E-state index contributed by atoms with van der Waals surface area (Å²) in [6, 6.07) is 7.78. The third-order valence-electron chi connectivity index (χ3n) is 7.19. The first kappa shape index (κ1) is 30.3. The molecule has 1 aromatic carbocycles. The molecule has 1 aromatic rings. The Morgan fingerprint density at radius 2 is 1.97 bits per heavy atom. The molecular weight excluding hydrogens is 537 g/mol. The zero-order chi connectivity index (χ0) is 27.4. The molecule has 2 N–H and O–H groups in total. The number of nitrogens with one attached hydrogen (secondary N) is 1. The number of imide groups is 1. The van der Waals surface area contributed by atoms with Crippen molar-refractivity contribution in [2.75, 3.05) is 25.0 Å². The number of carbonyl (C=O) groups is 2. The van der Waals surface area contributed by atoms with E-state index in [-0.39, 0.29) is 22.9 Å². The number of rotatable bonds is 10. The van der Waals surface area contributed by atoms with Crippen molar-refractivity contribution < 1.29 is 28.9 Å². The summed E-state index contributed by atoms with van der Waals surface area (Å²) in [6.07, 6.45) is 3.56. The minimum Gasteiger partial charge on any atom is -0.443 e. The van der Waals surface area contributed by atoms with E-state index in [9.17, 15) is 14.7 Å². The number of alkyl halides is 1. The molecule has 1 unspecified atom stereocenters. The summed E-state index contributed by atoms with van der Waals surface area (Å²) in [7, 11) is 1.40. The minimum absolute atomic E-state index is 0.0862. The summed E-state index contributed by atoms with van der Waals surface area (Å²) in [5, 5.41) is 15.0. The van der Waals surface area contributed by atoms with E-state index in [0.717, 1.165) is 17.7 Å². The summed E-state index contributed by atoms with van der Waals surface area (Å²) in [4.78, 5) is 23.9. The number of alkyl carbamates (subject to hydrolysis) is 1. The highest BCUT2D eigenvalue weighted by Gasteiger charge is 2.68. The number of benzene rings is 1. The maximum atomic E-state index is 12.3. The predicted octanol–water partition coefficient (Wildman–Crippen LogP) is 4.62. The van der Waals surface area contributed by atoms with Crippen molar-refractivity contribution in [3.8, 4) is 0 Å². The summed E-state index contributed by atoms with van der Waals surface area (Å²) < 4.78 is 17.8. The van der Waals surface area contributed by atoms with Gasteiger partial charge < -0.3 is 19.3 Å². The highest BCUT2D eigenvalue weighted by Crippen LogP contribution is 2.55. The summed E-state index contributed by atoms with van der Waals surface area (Å²) in [6.45, 7) is 6.09. The maximum absolute atomic E-state index is 12.3. The standard InChI is InChI=1S/C27H37Cl2NO6S/c1-17(2)6-11-21-26(3,36-21)24-23(34-4)20(35-25(32)30-22(31)14-28)12-13-27(24,33)16-37(5)15-18-7-9-19(29)10-8-18/h6-10,20-21,23-24,33H,11-16H2,1-5H3/p+1/t20-,21-,23-,24+,26+,27+,37?/m1/s1. The highest BCUT2D eigenvalue weighted by atomic mass is 35.5. The van der Waals surface area contributed by atoms with Crippen molar-refractivity contribution in [3.63, 3.8) is 0 Å². The third kappa shape index (κ3) is 7.64. The van der Waals surface area contributed by atoms with Gasteiger partial charge in [0.25, 0.3) is 0 Å². The Labute approximate surface area is 232 Å². The van der Waals surface area contributed by atoms with E-state index in [2.05, 4.69) is 17.6 Å². The number of aliphatic hydroxyl groups is 1. The maximum Gasteiger partial charge on any atom is 0.414 e. The monoisotopic (exact) mass is 574 g/mol. The van der Waals surface area contributed by atoms with E-state index in [4.69, 9.17) is 37.4 Å². The van der Waals surface area contributed by atoms with Crippen LogP contribution in [0.2, 0.25) is 5.02 Å². The molecule has 0 aromatic heterocycles. The van der Waals surface area contributed by atoms with Gasteiger partial charge in [0.1, 0.15) is 40.8 Å². The lowest BCUT2D eigenvalue weighted by Gasteiger charge is -2.48. The molecule has 3 rings (SSSR count). The van der Waals surface area contributed by atoms with Crippen molar-refractivity contribution in [2.24, 2.45) is 5.92 Å². The van der Waals surface area contributed by atoms with Crippen molar-refractivity contribution in [1.82, 2.24) is 5.32 Å². The van der Waals surface area contributed by atoms with E-state index in [0.29, 0.717) is 23.6 Å². The first-order valence-corrected chi connectivity index (χ1v) is 15.3. The zero-order valence-electron chi connectivity index (χ0n) is 22.1. The number of epoxide rings is 1. The van der Waals surface area contributed by atoms with Gasteiger partial charge in [0.05, 0.1) is 18.3 Å². The number of amides is 2. The Morgan fingerprint density at radius 3 is 2.57 bits per heavy atom. The van der Waals surface area contributed by atoms with Crippen LogP contribution in [-0.2, 0) is 35.7 Å². The van der Waals surface area contributed by atoms with Crippen molar-refractivity contribution in [3.05, 3.63) is 46.5 Å². The van der Waals surface area contributed by atoms with Crippen LogP contribution in [-0.4, -0.2) is 71.6 Å². The average molecular weight is 576 g/mol. The van der Waals surface area contributed by atoms with Gasteiger partial charge in [-0.15, -0.1) is 11.6 Å². The number of ether oxygens (including phenoxy) is 3. The molecule has 1 saturated carbocycles. The Hall–Kier alpha value is -1.29. The SMILES string of the molecule is CO[C@H]1[C@@H]([C@@]2(C)O[C@@H]2CC=C(C)C)[C@@](O)(C[S+](C)Cc2ccc(Cl)cc2)CC[C@H]1OC(=O)NC(=O)CCl. The second-order valence-electron chi connectivity index (χ2n) is 10.4. The summed E-state index contributed by atoms with van der Waals surface area (Å²) >= 11 is 11.5. The molecule has 2 fully saturated rings. The van der Waals surface area contributed by atoms with Crippen LogP contribution >= 0.6 is 23.2 Å². The zero-order valence-corrected chi connectivity index (χ0v) is 24.4. The molecule has 2 amide bonds. The Morgan fingerprint density at radius 1 is 1.30 bits per heavy atom. The Balaban J connectivity index is 1.84. The molecule has 1 aliphatic carbocycles. The van der Waals surface area contributed by atoms with Crippen molar-refractivity contribution >= 4 is 46.1 Å². The van der Waals surface area contributed by atoms with Crippen LogP contribution in [0.5, 0.6) is 0 Å². The smallest absolute Gasteiger partial charge is 0.414 e. The average Bonchev–Trinajstić information content (AvgIpc) is 3.49. The van der Waals surface area contributed by atoms with E-state index >= 15 is 0 Å². The van der Waals surface area contributed by atoms with Crippen molar-refractivity contribution in [2.45, 2.75) is 75.3 Å². The number of allylic oxidation sites excluding steroid dienone is 1. The van der Waals surface area contributed by atoms with Gasteiger partial charge in [-0.25, -0.2) is 4.79 Å². The fourth-order valence-corrected chi connectivity index (χ4v) is 7.73. The summed E-state index contributed by atoms with van der Waals surface area (Å²) in [5.74, 6) is -0.0684. The molecule has 1 heterocycles. The first-order chi connectivity index (χ1) is 17.4. The number of carbonyl (C=O) groups excluding carboxylic acids is 2. The highest BCUT2D eigenvalue weighted by molar-refractivity contribution is 7.95. The van der Waals surface area contributed by atoms with Crippen LogP contribution in [0.15, 0.2) is 35.9 Å². The van der Waals surface area contributed by atoms with Crippen molar-refractivity contribution in [1.29, 1.82) is 0 Å². The fraction of sp³-hybridized carbons (Fsp3) is 0.630. The van der Waals surface area contributed by atoms with E-state index in [1.54, 1.807) is 7.11 Å². The number of hydrogen-bond donors (Lipinski definition) is 2. The number of hydrogen-bond acceptors (Lipinski definition) is 6.